The fourth-order valence-corrected chi connectivity index (χ4v) is 4.66. The lowest BCUT2D eigenvalue weighted by molar-refractivity contribution is -0.144. The Balaban J connectivity index is 1.34. The molecule has 2 fully saturated rings. The molecule has 0 atom stereocenters. The second-order valence-corrected chi connectivity index (χ2v) is 9.56. The Morgan fingerprint density at radius 1 is 0.733 bits per heavy atom. The van der Waals surface area contributed by atoms with Crippen LogP contribution in [0.3, 0.4) is 0 Å². The molecule has 0 bridgehead atoms. The van der Waals surface area contributed by atoms with E-state index < -0.39 is 22.8 Å². The Hall–Kier alpha value is -2.04. The van der Waals surface area contributed by atoms with Gasteiger partial charge < -0.3 is 15.3 Å². The second kappa shape index (κ2) is 9.84. The van der Waals surface area contributed by atoms with Crippen LogP contribution in [-0.2, 0) is 22.4 Å². The van der Waals surface area contributed by atoms with Crippen LogP contribution in [-0.4, -0.2) is 27.3 Å². The number of aromatic hydroxyl groups is 1. The van der Waals surface area contributed by atoms with Gasteiger partial charge in [0.2, 0.25) is 0 Å². The average Bonchev–Trinajstić information content (AvgIpc) is 3.61. The summed E-state index contributed by atoms with van der Waals surface area (Å²) in [7, 11) is 0. The number of hydrogen-bond acceptors (Lipinski definition) is 3. The summed E-state index contributed by atoms with van der Waals surface area (Å²) in [5.41, 5.74) is 1.43. The lowest BCUT2D eigenvalue weighted by Crippen LogP contribution is -2.14. The van der Waals surface area contributed by atoms with E-state index in [0.717, 1.165) is 102 Å². The quantitative estimate of drug-likeness (QED) is 0.318. The number of phenols is 1. The van der Waals surface area contributed by atoms with Crippen molar-refractivity contribution in [2.45, 2.75) is 96.3 Å². The number of carbonyl (C=O) groups is 2. The van der Waals surface area contributed by atoms with Crippen LogP contribution in [0.4, 0.5) is 0 Å². The van der Waals surface area contributed by atoms with Gasteiger partial charge >= 0.3 is 11.9 Å². The topological polar surface area (TPSA) is 94.8 Å². The highest BCUT2D eigenvalue weighted by molar-refractivity contribution is 5.78. The van der Waals surface area contributed by atoms with Crippen molar-refractivity contribution >= 4 is 11.9 Å². The SMILES string of the molecule is O=C(O)C1(CCCCCCc2cccc(O)c2CCCCCC2(C(=O)O)CC2)CC1. The zero-order chi connectivity index (χ0) is 21.6. The van der Waals surface area contributed by atoms with Crippen molar-refractivity contribution < 1.29 is 24.9 Å². The molecule has 2 aliphatic carbocycles. The third-order valence-corrected chi connectivity index (χ3v) is 7.30. The molecule has 0 saturated heterocycles. The maximum atomic E-state index is 11.2. The molecule has 166 valence electrons. The van der Waals surface area contributed by atoms with E-state index >= 15 is 0 Å². The molecule has 30 heavy (non-hydrogen) atoms. The molecule has 5 nitrogen and oxygen atoms in total. The van der Waals surface area contributed by atoms with Gasteiger partial charge in [-0.1, -0.05) is 44.2 Å². The summed E-state index contributed by atoms with van der Waals surface area (Å²) >= 11 is 0. The van der Waals surface area contributed by atoms with Crippen molar-refractivity contribution in [3.05, 3.63) is 29.3 Å². The lowest BCUT2D eigenvalue weighted by Gasteiger charge is -2.13. The van der Waals surface area contributed by atoms with Gasteiger partial charge in [-0.3, -0.25) is 9.59 Å². The van der Waals surface area contributed by atoms with Crippen LogP contribution < -0.4 is 0 Å². The minimum absolute atomic E-state index is 0.369. The van der Waals surface area contributed by atoms with E-state index in [9.17, 15) is 24.9 Å². The standard InChI is InChI=1S/C25H36O5/c26-21-12-8-10-19(9-4-1-2-6-13-24(15-16-24)22(27)28)20(21)11-5-3-7-14-25(17-18-25)23(29)30/h8,10,12,26H,1-7,9,11,13-18H2,(H,27,28)(H,29,30). The number of carboxylic acids is 2. The number of aryl methyl sites for hydroxylation is 1. The normalized spacial score (nSPS) is 18.1. The van der Waals surface area contributed by atoms with E-state index in [2.05, 4.69) is 6.07 Å². The summed E-state index contributed by atoms with van der Waals surface area (Å²) in [6.07, 6.45) is 13.8. The molecular weight excluding hydrogens is 380 g/mol. The van der Waals surface area contributed by atoms with Crippen molar-refractivity contribution in [1.29, 1.82) is 0 Å². The summed E-state index contributed by atoms with van der Waals surface area (Å²) in [5, 5.41) is 28.8. The predicted molar refractivity (Wildman–Crippen MR) is 116 cm³/mol. The molecule has 0 unspecified atom stereocenters. The molecule has 0 spiro atoms. The van der Waals surface area contributed by atoms with Gasteiger partial charge in [-0.25, -0.2) is 0 Å². The number of benzene rings is 1. The summed E-state index contributed by atoms with van der Waals surface area (Å²) < 4.78 is 0. The molecule has 0 aromatic heterocycles. The molecule has 0 radical (unpaired) electrons. The highest BCUT2D eigenvalue weighted by Gasteiger charge is 2.49. The van der Waals surface area contributed by atoms with E-state index in [4.69, 9.17) is 0 Å². The molecule has 0 aliphatic heterocycles. The number of phenolic OH excluding ortho intramolecular Hbond substituents is 1. The smallest absolute Gasteiger partial charge is 0.309 e. The second-order valence-electron chi connectivity index (χ2n) is 9.56. The zero-order valence-corrected chi connectivity index (χ0v) is 18.0. The van der Waals surface area contributed by atoms with Crippen molar-refractivity contribution in [3.63, 3.8) is 0 Å². The fourth-order valence-electron chi connectivity index (χ4n) is 4.66. The third kappa shape index (κ3) is 5.77. The first-order valence-corrected chi connectivity index (χ1v) is 11.7. The van der Waals surface area contributed by atoms with Crippen LogP contribution in [0.5, 0.6) is 5.75 Å². The van der Waals surface area contributed by atoms with Crippen molar-refractivity contribution in [3.8, 4) is 5.75 Å². The van der Waals surface area contributed by atoms with Crippen molar-refractivity contribution in [1.82, 2.24) is 0 Å². The summed E-state index contributed by atoms with van der Waals surface area (Å²) in [5.74, 6) is -0.892. The van der Waals surface area contributed by atoms with Gasteiger partial charge in [-0.2, -0.15) is 0 Å². The fraction of sp³-hybridized carbons (Fsp3) is 0.680. The van der Waals surface area contributed by atoms with E-state index in [1.807, 2.05) is 6.07 Å². The number of hydrogen-bond donors (Lipinski definition) is 3. The molecule has 2 saturated carbocycles. The molecule has 0 heterocycles. The minimum Gasteiger partial charge on any atom is -0.508 e. The average molecular weight is 417 g/mol. The maximum Gasteiger partial charge on any atom is 0.309 e. The van der Waals surface area contributed by atoms with Gasteiger partial charge in [0, 0.05) is 0 Å². The number of carboxylic acid groups (broad SMARTS) is 2. The number of rotatable bonds is 15. The van der Waals surface area contributed by atoms with E-state index in [1.165, 1.54) is 5.56 Å². The van der Waals surface area contributed by atoms with Crippen LogP contribution in [0.15, 0.2) is 18.2 Å². The minimum atomic E-state index is -0.638. The van der Waals surface area contributed by atoms with Crippen LogP contribution in [0.25, 0.3) is 0 Å². The monoisotopic (exact) mass is 416 g/mol. The Morgan fingerprint density at radius 3 is 1.77 bits per heavy atom. The van der Waals surface area contributed by atoms with Gasteiger partial charge in [-0.15, -0.1) is 0 Å². The first-order valence-electron chi connectivity index (χ1n) is 11.7. The Bertz CT molecular complexity index is 746. The van der Waals surface area contributed by atoms with Gasteiger partial charge in [0.05, 0.1) is 10.8 Å². The molecular formula is C25H36O5. The molecule has 1 aromatic rings. The highest BCUT2D eigenvalue weighted by atomic mass is 16.4. The largest absolute Gasteiger partial charge is 0.508 e. The van der Waals surface area contributed by atoms with E-state index in [-0.39, 0.29) is 0 Å². The van der Waals surface area contributed by atoms with E-state index in [1.54, 1.807) is 6.07 Å². The molecule has 1 aromatic carbocycles. The first kappa shape index (κ1) is 22.6. The van der Waals surface area contributed by atoms with Crippen molar-refractivity contribution in [2.75, 3.05) is 0 Å². The van der Waals surface area contributed by atoms with Gasteiger partial charge in [0.1, 0.15) is 5.75 Å². The van der Waals surface area contributed by atoms with Crippen LogP contribution in [0.1, 0.15) is 94.6 Å². The van der Waals surface area contributed by atoms with Gasteiger partial charge in [0.15, 0.2) is 0 Å². The Labute approximate surface area is 179 Å². The summed E-state index contributed by atoms with van der Waals surface area (Å²) in [6, 6.07) is 5.76. The summed E-state index contributed by atoms with van der Waals surface area (Å²) in [6.45, 7) is 0. The van der Waals surface area contributed by atoms with E-state index in [0.29, 0.717) is 5.75 Å². The van der Waals surface area contributed by atoms with Crippen LogP contribution in [0.2, 0.25) is 0 Å². The van der Waals surface area contributed by atoms with Crippen LogP contribution in [0, 0.1) is 10.8 Å². The molecule has 5 heteroatoms. The van der Waals surface area contributed by atoms with Crippen LogP contribution >= 0.6 is 0 Å². The highest BCUT2D eigenvalue weighted by Crippen LogP contribution is 2.50. The zero-order valence-electron chi connectivity index (χ0n) is 18.0. The van der Waals surface area contributed by atoms with Gasteiger partial charge in [-0.05, 0) is 81.4 Å². The maximum absolute atomic E-state index is 11.2. The van der Waals surface area contributed by atoms with Crippen molar-refractivity contribution in [2.24, 2.45) is 10.8 Å². The lowest BCUT2D eigenvalue weighted by atomic mass is 9.93. The first-order chi connectivity index (χ1) is 14.4. The number of aliphatic carboxylic acids is 2. The molecule has 0 amide bonds. The predicted octanol–water partition coefficient (Wildman–Crippen LogP) is 5.72. The molecule has 3 N–H and O–H groups in total. The molecule has 2 aliphatic rings. The van der Waals surface area contributed by atoms with Gasteiger partial charge in [0.25, 0.3) is 0 Å². The third-order valence-electron chi connectivity index (χ3n) is 7.30. The Morgan fingerprint density at radius 2 is 1.23 bits per heavy atom. The Kier molecular flexibility index (Phi) is 7.43. The number of unbranched alkanes of at least 4 members (excludes halogenated alkanes) is 5. The molecule has 3 rings (SSSR count). The summed E-state index contributed by atoms with van der Waals surface area (Å²) in [4.78, 5) is 22.5.